The molecule has 1 unspecified atom stereocenters. The van der Waals surface area contributed by atoms with E-state index in [1.165, 1.54) is 12.1 Å². The van der Waals surface area contributed by atoms with Gasteiger partial charge in [0.15, 0.2) is 0 Å². The number of ether oxygens (including phenoxy) is 1. The molecule has 0 bridgehead atoms. The molecule has 1 aromatic rings. The molecule has 0 radical (unpaired) electrons. The number of benzene rings is 1. The summed E-state index contributed by atoms with van der Waals surface area (Å²) in [6.07, 6.45) is -2.97. The van der Waals surface area contributed by atoms with E-state index in [1.807, 2.05) is 6.92 Å². The Morgan fingerprint density at radius 3 is 2.59 bits per heavy atom. The zero-order valence-corrected chi connectivity index (χ0v) is 9.63. The SMILES string of the molecule is CCCC(CN)Oc1cccc(C(F)(F)F)c1. The van der Waals surface area contributed by atoms with Crippen molar-refractivity contribution in [2.24, 2.45) is 5.73 Å². The van der Waals surface area contributed by atoms with Gasteiger partial charge in [-0.1, -0.05) is 19.4 Å². The average Bonchev–Trinajstić information content (AvgIpc) is 2.28. The Labute approximate surface area is 98.6 Å². The lowest BCUT2D eigenvalue weighted by molar-refractivity contribution is -0.137. The molecule has 0 amide bonds. The van der Waals surface area contributed by atoms with Gasteiger partial charge in [0, 0.05) is 6.54 Å². The number of hydrogen-bond donors (Lipinski definition) is 1. The van der Waals surface area contributed by atoms with E-state index >= 15 is 0 Å². The summed E-state index contributed by atoms with van der Waals surface area (Å²) in [6.45, 7) is 2.27. The van der Waals surface area contributed by atoms with Crippen LogP contribution in [0.2, 0.25) is 0 Å². The van der Waals surface area contributed by atoms with Crippen molar-refractivity contribution in [2.75, 3.05) is 6.54 Å². The summed E-state index contributed by atoms with van der Waals surface area (Å²) in [4.78, 5) is 0. The van der Waals surface area contributed by atoms with Gasteiger partial charge < -0.3 is 10.5 Å². The van der Waals surface area contributed by atoms with Crippen molar-refractivity contribution in [3.63, 3.8) is 0 Å². The standard InChI is InChI=1S/C12H16F3NO/c1-2-4-11(8-16)17-10-6-3-5-9(7-10)12(13,14)15/h3,5-7,11H,2,4,8,16H2,1H3. The first kappa shape index (κ1) is 13.8. The second-order valence-electron chi connectivity index (χ2n) is 3.79. The molecule has 96 valence electrons. The molecule has 0 aromatic heterocycles. The first-order chi connectivity index (χ1) is 7.97. The normalized spacial score (nSPS) is 13.5. The number of rotatable bonds is 5. The lowest BCUT2D eigenvalue weighted by Crippen LogP contribution is -2.26. The number of nitrogens with two attached hydrogens (primary N) is 1. The van der Waals surface area contributed by atoms with Crippen LogP contribution >= 0.6 is 0 Å². The van der Waals surface area contributed by atoms with Crippen LogP contribution in [0.4, 0.5) is 13.2 Å². The van der Waals surface area contributed by atoms with Gasteiger partial charge >= 0.3 is 6.18 Å². The van der Waals surface area contributed by atoms with Gasteiger partial charge in [-0.2, -0.15) is 13.2 Å². The highest BCUT2D eigenvalue weighted by atomic mass is 19.4. The van der Waals surface area contributed by atoms with Crippen molar-refractivity contribution < 1.29 is 17.9 Å². The monoisotopic (exact) mass is 247 g/mol. The van der Waals surface area contributed by atoms with Crippen molar-refractivity contribution in [1.29, 1.82) is 0 Å². The Kier molecular flexibility index (Phi) is 4.81. The average molecular weight is 247 g/mol. The van der Waals surface area contributed by atoms with Crippen LogP contribution in [0.25, 0.3) is 0 Å². The Balaban J connectivity index is 2.78. The fraction of sp³-hybridized carbons (Fsp3) is 0.500. The molecule has 0 aliphatic rings. The zero-order chi connectivity index (χ0) is 12.9. The first-order valence-corrected chi connectivity index (χ1v) is 5.51. The molecular weight excluding hydrogens is 231 g/mol. The minimum absolute atomic E-state index is 0.212. The molecule has 0 fully saturated rings. The first-order valence-electron chi connectivity index (χ1n) is 5.51. The summed E-state index contributed by atoms with van der Waals surface area (Å²) >= 11 is 0. The number of hydrogen-bond acceptors (Lipinski definition) is 2. The Bertz CT molecular complexity index is 352. The van der Waals surface area contributed by atoms with Gasteiger partial charge in [-0.15, -0.1) is 0 Å². The van der Waals surface area contributed by atoms with Gasteiger partial charge in [0.2, 0.25) is 0 Å². The second kappa shape index (κ2) is 5.91. The van der Waals surface area contributed by atoms with Gasteiger partial charge in [0.05, 0.1) is 5.56 Å². The van der Waals surface area contributed by atoms with E-state index in [-0.39, 0.29) is 11.9 Å². The third-order valence-electron chi connectivity index (χ3n) is 2.34. The molecule has 0 saturated heterocycles. The molecule has 5 heteroatoms. The molecule has 17 heavy (non-hydrogen) atoms. The van der Waals surface area contributed by atoms with Crippen LogP contribution in [-0.4, -0.2) is 12.6 Å². The summed E-state index contributed by atoms with van der Waals surface area (Å²) < 4.78 is 42.8. The lowest BCUT2D eigenvalue weighted by atomic mass is 10.2. The molecule has 1 rings (SSSR count). The van der Waals surface area contributed by atoms with E-state index in [0.717, 1.165) is 25.0 Å². The topological polar surface area (TPSA) is 35.2 Å². The van der Waals surface area contributed by atoms with E-state index in [1.54, 1.807) is 0 Å². The smallest absolute Gasteiger partial charge is 0.416 e. The van der Waals surface area contributed by atoms with Crippen LogP contribution in [0.3, 0.4) is 0 Å². The summed E-state index contributed by atoms with van der Waals surface area (Å²) in [5.41, 5.74) is 4.78. The summed E-state index contributed by atoms with van der Waals surface area (Å²) in [5, 5.41) is 0. The quantitative estimate of drug-likeness (QED) is 0.867. The van der Waals surface area contributed by atoms with Crippen LogP contribution in [0, 0.1) is 0 Å². The van der Waals surface area contributed by atoms with E-state index in [9.17, 15) is 13.2 Å². The molecule has 0 spiro atoms. The zero-order valence-electron chi connectivity index (χ0n) is 9.63. The van der Waals surface area contributed by atoms with Gasteiger partial charge in [0.1, 0.15) is 11.9 Å². The van der Waals surface area contributed by atoms with Crippen LogP contribution < -0.4 is 10.5 Å². The van der Waals surface area contributed by atoms with E-state index in [2.05, 4.69) is 0 Å². The summed E-state index contributed by atoms with van der Waals surface area (Å²) in [5.74, 6) is 0.212. The van der Waals surface area contributed by atoms with Crippen LogP contribution in [0.1, 0.15) is 25.3 Å². The van der Waals surface area contributed by atoms with Crippen LogP contribution in [0.5, 0.6) is 5.75 Å². The van der Waals surface area contributed by atoms with Gasteiger partial charge in [0.25, 0.3) is 0 Å². The third kappa shape index (κ3) is 4.26. The molecule has 1 atom stereocenters. The molecule has 0 aliphatic carbocycles. The lowest BCUT2D eigenvalue weighted by Gasteiger charge is -2.17. The van der Waals surface area contributed by atoms with Crippen molar-refractivity contribution in [3.8, 4) is 5.75 Å². The van der Waals surface area contributed by atoms with Crippen LogP contribution in [0.15, 0.2) is 24.3 Å². The molecule has 0 saturated carbocycles. The van der Waals surface area contributed by atoms with E-state index in [4.69, 9.17) is 10.5 Å². The number of halogens is 3. The molecule has 1 aromatic carbocycles. The molecular formula is C12H16F3NO. The highest BCUT2D eigenvalue weighted by Crippen LogP contribution is 2.31. The maximum atomic E-state index is 12.5. The second-order valence-corrected chi connectivity index (χ2v) is 3.79. The predicted octanol–water partition coefficient (Wildman–Crippen LogP) is 3.21. The molecule has 2 nitrogen and oxygen atoms in total. The van der Waals surface area contributed by atoms with E-state index in [0.29, 0.717) is 6.54 Å². The van der Waals surface area contributed by atoms with Crippen molar-refractivity contribution in [2.45, 2.75) is 32.0 Å². The Morgan fingerprint density at radius 2 is 2.06 bits per heavy atom. The van der Waals surface area contributed by atoms with Gasteiger partial charge in [-0.05, 0) is 24.6 Å². The Morgan fingerprint density at radius 1 is 1.35 bits per heavy atom. The maximum Gasteiger partial charge on any atom is 0.416 e. The van der Waals surface area contributed by atoms with Crippen molar-refractivity contribution in [1.82, 2.24) is 0 Å². The third-order valence-corrected chi connectivity index (χ3v) is 2.34. The summed E-state index contributed by atoms with van der Waals surface area (Å²) in [6, 6.07) is 4.85. The fourth-order valence-corrected chi connectivity index (χ4v) is 1.49. The maximum absolute atomic E-state index is 12.5. The highest BCUT2D eigenvalue weighted by Gasteiger charge is 2.30. The fourth-order valence-electron chi connectivity index (χ4n) is 1.49. The molecule has 0 aliphatic heterocycles. The Hall–Kier alpha value is -1.23. The number of alkyl halides is 3. The minimum Gasteiger partial charge on any atom is -0.489 e. The summed E-state index contributed by atoms with van der Waals surface area (Å²) in [7, 11) is 0. The predicted molar refractivity (Wildman–Crippen MR) is 59.8 cm³/mol. The van der Waals surface area contributed by atoms with Crippen molar-refractivity contribution >= 4 is 0 Å². The van der Waals surface area contributed by atoms with Gasteiger partial charge in [-0.25, -0.2) is 0 Å². The molecule has 0 heterocycles. The van der Waals surface area contributed by atoms with E-state index < -0.39 is 11.7 Å². The van der Waals surface area contributed by atoms with Gasteiger partial charge in [-0.3, -0.25) is 0 Å². The minimum atomic E-state index is -4.34. The molecule has 2 N–H and O–H groups in total. The largest absolute Gasteiger partial charge is 0.489 e. The van der Waals surface area contributed by atoms with Crippen LogP contribution in [-0.2, 0) is 6.18 Å². The van der Waals surface area contributed by atoms with Crippen molar-refractivity contribution in [3.05, 3.63) is 29.8 Å². The highest BCUT2D eigenvalue weighted by molar-refractivity contribution is 5.30.